The molecule has 3 aromatic rings. The van der Waals surface area contributed by atoms with E-state index in [0.29, 0.717) is 38.3 Å². The smallest absolute Gasteiger partial charge is 0.409 e. The van der Waals surface area contributed by atoms with Gasteiger partial charge in [-0.05, 0) is 43.3 Å². The number of carbonyl (C=O) groups excluding carboxylic acids is 1. The Labute approximate surface area is 194 Å². The van der Waals surface area contributed by atoms with Crippen LogP contribution in [-0.4, -0.2) is 57.2 Å². The summed E-state index contributed by atoms with van der Waals surface area (Å²) in [6.45, 7) is 3.62. The molecular weight excluding hydrogens is 498 g/mol. The summed E-state index contributed by atoms with van der Waals surface area (Å²) in [6.07, 6.45) is -0.377. The first-order valence-corrected chi connectivity index (χ1v) is 12.4. The summed E-state index contributed by atoms with van der Waals surface area (Å²) in [7, 11) is -3.93. The van der Waals surface area contributed by atoms with Crippen LogP contribution in [0.15, 0.2) is 73.4 Å². The molecule has 1 saturated heterocycles. The number of halogens is 1. The van der Waals surface area contributed by atoms with E-state index in [1.807, 2.05) is 30.3 Å². The van der Waals surface area contributed by atoms with E-state index < -0.39 is 9.84 Å². The molecule has 1 aliphatic rings. The van der Waals surface area contributed by atoms with E-state index in [4.69, 9.17) is 9.15 Å². The molecular formula is C22H22BrN3O5S. The summed E-state index contributed by atoms with van der Waals surface area (Å²) in [5.41, 5.74) is 0.677. The second-order valence-corrected chi connectivity index (χ2v) is 9.91. The molecule has 0 radical (unpaired) electrons. The Kier molecular flexibility index (Phi) is 6.52. The molecule has 0 atom stereocenters. The number of nitrogens with zero attached hydrogens (tertiary/aromatic N) is 3. The van der Waals surface area contributed by atoms with Gasteiger partial charge in [-0.15, -0.1) is 0 Å². The van der Waals surface area contributed by atoms with Gasteiger partial charge in [-0.1, -0.05) is 34.1 Å². The SMILES string of the molecule is CCOC(=O)N1CCN(c2oc(-c3ccccc3)nc2S(=O)(=O)c2ccc(Br)cc2)CC1. The molecule has 0 bridgehead atoms. The highest BCUT2D eigenvalue weighted by Gasteiger charge is 2.33. The summed E-state index contributed by atoms with van der Waals surface area (Å²) in [5.74, 6) is 0.402. The predicted octanol–water partition coefficient (Wildman–Crippen LogP) is 4.22. The lowest BCUT2D eigenvalue weighted by Gasteiger charge is -2.33. The van der Waals surface area contributed by atoms with E-state index in [1.165, 1.54) is 12.1 Å². The minimum Gasteiger partial charge on any atom is -0.450 e. The van der Waals surface area contributed by atoms with Gasteiger partial charge in [0.2, 0.25) is 26.6 Å². The van der Waals surface area contributed by atoms with Crippen LogP contribution >= 0.6 is 15.9 Å². The van der Waals surface area contributed by atoms with Gasteiger partial charge < -0.3 is 19.0 Å². The van der Waals surface area contributed by atoms with E-state index >= 15 is 0 Å². The van der Waals surface area contributed by atoms with Crippen molar-refractivity contribution in [1.82, 2.24) is 9.88 Å². The number of aromatic nitrogens is 1. The predicted molar refractivity (Wildman–Crippen MR) is 122 cm³/mol. The number of ether oxygens (including phenoxy) is 1. The molecule has 1 aliphatic heterocycles. The Balaban J connectivity index is 1.71. The topological polar surface area (TPSA) is 92.9 Å². The Morgan fingerprint density at radius 3 is 2.34 bits per heavy atom. The second kappa shape index (κ2) is 9.33. The number of hydrogen-bond acceptors (Lipinski definition) is 7. The lowest BCUT2D eigenvalue weighted by atomic mass is 10.2. The highest BCUT2D eigenvalue weighted by Crippen LogP contribution is 2.35. The third-order valence-corrected chi connectivity index (χ3v) is 7.27. The van der Waals surface area contributed by atoms with Crippen molar-refractivity contribution in [2.45, 2.75) is 16.8 Å². The number of sulfone groups is 1. The van der Waals surface area contributed by atoms with E-state index in [9.17, 15) is 13.2 Å². The van der Waals surface area contributed by atoms with Crippen LogP contribution in [0.4, 0.5) is 10.7 Å². The quantitative estimate of drug-likeness (QED) is 0.498. The standard InChI is InChI=1S/C22H22BrN3O5S/c1-2-30-22(27)26-14-12-25(13-15-26)21-20(24-19(31-21)16-6-4-3-5-7-16)32(28,29)18-10-8-17(23)9-11-18/h3-11H,2,12-15H2,1H3. The maximum absolute atomic E-state index is 13.5. The van der Waals surface area contributed by atoms with Crippen molar-refractivity contribution in [3.05, 3.63) is 59.1 Å². The van der Waals surface area contributed by atoms with Gasteiger partial charge in [0, 0.05) is 36.2 Å². The molecule has 10 heteroatoms. The fourth-order valence-electron chi connectivity index (χ4n) is 3.41. The molecule has 32 heavy (non-hydrogen) atoms. The number of hydrogen-bond donors (Lipinski definition) is 0. The minimum atomic E-state index is -3.93. The van der Waals surface area contributed by atoms with E-state index in [1.54, 1.807) is 28.9 Å². The summed E-state index contributed by atoms with van der Waals surface area (Å²) in [4.78, 5) is 19.9. The van der Waals surface area contributed by atoms with Gasteiger partial charge in [-0.25, -0.2) is 13.2 Å². The molecule has 4 rings (SSSR count). The van der Waals surface area contributed by atoms with Crippen LogP contribution < -0.4 is 4.90 Å². The largest absolute Gasteiger partial charge is 0.450 e. The highest BCUT2D eigenvalue weighted by atomic mass is 79.9. The Bertz CT molecular complexity index is 1190. The third kappa shape index (κ3) is 4.51. The van der Waals surface area contributed by atoms with Crippen molar-refractivity contribution in [2.24, 2.45) is 0 Å². The fourth-order valence-corrected chi connectivity index (χ4v) is 5.00. The number of carbonyl (C=O) groups is 1. The molecule has 2 heterocycles. The van der Waals surface area contributed by atoms with Crippen molar-refractivity contribution in [3.63, 3.8) is 0 Å². The fraction of sp³-hybridized carbons (Fsp3) is 0.273. The summed E-state index contributed by atoms with van der Waals surface area (Å²) in [5, 5.41) is -0.136. The zero-order valence-corrected chi connectivity index (χ0v) is 19.8. The third-order valence-electron chi connectivity index (χ3n) is 5.07. The summed E-state index contributed by atoms with van der Waals surface area (Å²) >= 11 is 3.33. The molecule has 0 spiro atoms. The van der Waals surface area contributed by atoms with E-state index in [2.05, 4.69) is 20.9 Å². The van der Waals surface area contributed by atoms with Crippen molar-refractivity contribution < 1.29 is 22.4 Å². The normalized spacial score (nSPS) is 14.4. The van der Waals surface area contributed by atoms with E-state index in [0.717, 1.165) is 4.47 Å². The molecule has 1 amide bonds. The van der Waals surface area contributed by atoms with Gasteiger partial charge in [0.25, 0.3) is 0 Å². The van der Waals surface area contributed by atoms with E-state index in [-0.39, 0.29) is 27.8 Å². The lowest BCUT2D eigenvalue weighted by Crippen LogP contribution is -2.49. The lowest BCUT2D eigenvalue weighted by molar-refractivity contribution is 0.104. The average Bonchev–Trinajstić information content (AvgIpc) is 3.27. The molecule has 0 N–H and O–H groups in total. The first-order chi connectivity index (χ1) is 15.4. The van der Waals surface area contributed by atoms with Crippen molar-refractivity contribution in [2.75, 3.05) is 37.7 Å². The highest BCUT2D eigenvalue weighted by molar-refractivity contribution is 9.10. The van der Waals surface area contributed by atoms with Crippen LogP contribution in [0.25, 0.3) is 11.5 Å². The van der Waals surface area contributed by atoms with Gasteiger partial charge in [-0.2, -0.15) is 4.98 Å². The monoisotopic (exact) mass is 519 g/mol. The van der Waals surface area contributed by atoms with Gasteiger partial charge in [-0.3, -0.25) is 0 Å². The van der Waals surface area contributed by atoms with Crippen LogP contribution in [-0.2, 0) is 14.6 Å². The Hall–Kier alpha value is -2.85. The maximum atomic E-state index is 13.5. The average molecular weight is 520 g/mol. The van der Waals surface area contributed by atoms with Crippen LogP contribution in [0.1, 0.15) is 6.92 Å². The second-order valence-electron chi connectivity index (χ2n) is 7.13. The number of piperazine rings is 1. The molecule has 0 saturated carbocycles. The molecule has 0 aliphatic carbocycles. The molecule has 1 fully saturated rings. The molecule has 0 unspecified atom stereocenters. The first kappa shape index (κ1) is 22.3. The number of rotatable bonds is 5. The van der Waals surface area contributed by atoms with Crippen molar-refractivity contribution in [1.29, 1.82) is 0 Å². The Morgan fingerprint density at radius 2 is 1.72 bits per heavy atom. The molecule has 2 aromatic carbocycles. The van der Waals surface area contributed by atoms with Gasteiger partial charge >= 0.3 is 6.09 Å². The number of anilines is 1. The first-order valence-electron chi connectivity index (χ1n) is 10.1. The Morgan fingerprint density at radius 1 is 1.06 bits per heavy atom. The molecule has 1 aromatic heterocycles. The summed E-state index contributed by atoms with van der Waals surface area (Å²) < 4.78 is 38.8. The van der Waals surface area contributed by atoms with Crippen LogP contribution in [0.2, 0.25) is 0 Å². The van der Waals surface area contributed by atoms with Crippen molar-refractivity contribution >= 4 is 37.7 Å². The van der Waals surface area contributed by atoms with Gasteiger partial charge in [0.15, 0.2) is 0 Å². The molecule has 8 nitrogen and oxygen atoms in total. The zero-order chi connectivity index (χ0) is 22.7. The van der Waals surface area contributed by atoms with Crippen molar-refractivity contribution in [3.8, 4) is 11.5 Å². The zero-order valence-electron chi connectivity index (χ0n) is 17.4. The number of oxazole rings is 1. The van der Waals surface area contributed by atoms with Crippen LogP contribution in [0.5, 0.6) is 0 Å². The minimum absolute atomic E-state index is 0.125. The van der Waals surface area contributed by atoms with Crippen LogP contribution in [0, 0.1) is 0 Å². The number of benzene rings is 2. The number of amides is 1. The van der Waals surface area contributed by atoms with Gasteiger partial charge in [0.1, 0.15) is 0 Å². The maximum Gasteiger partial charge on any atom is 0.409 e. The molecule has 168 valence electrons. The van der Waals surface area contributed by atoms with Crippen LogP contribution in [0.3, 0.4) is 0 Å². The van der Waals surface area contributed by atoms with Gasteiger partial charge in [0.05, 0.1) is 11.5 Å². The summed E-state index contributed by atoms with van der Waals surface area (Å²) in [6, 6.07) is 15.5.